The molecule has 0 heterocycles. The van der Waals surface area contributed by atoms with Gasteiger partial charge in [0.15, 0.2) is 8.32 Å². The fourth-order valence-corrected chi connectivity index (χ4v) is 1.97. The molecule has 0 spiro atoms. The molecule has 0 fully saturated rings. The molecule has 0 unspecified atom stereocenters. The fourth-order valence-electron chi connectivity index (χ4n) is 1.03. The maximum Gasteiger partial charge on any atom is 0.183 e. The second kappa shape index (κ2) is 6.82. The lowest BCUT2D eigenvalue weighted by Gasteiger charge is -2.22. The first-order chi connectivity index (χ1) is 5.99. The number of alkyl halides is 1. The Hall–Kier alpha value is 0.427. The number of nitrogens with zero attached hydrogens (tertiary/aromatic N) is 1. The number of hydrogen-bond acceptors (Lipinski definition) is 2. The molecule has 0 aliphatic heterocycles. The van der Waals surface area contributed by atoms with Gasteiger partial charge in [0.25, 0.3) is 0 Å². The van der Waals surface area contributed by atoms with Gasteiger partial charge in [-0.25, -0.2) is 0 Å². The molecular weight excluding hydrogens is 202 g/mol. The van der Waals surface area contributed by atoms with E-state index < -0.39 is 8.32 Å². The van der Waals surface area contributed by atoms with Crippen molar-refractivity contribution in [2.45, 2.75) is 26.6 Å². The normalized spacial score (nSPS) is 12.5. The van der Waals surface area contributed by atoms with Crippen LogP contribution in [-0.4, -0.2) is 45.3 Å². The van der Waals surface area contributed by atoms with Gasteiger partial charge in [0, 0.05) is 25.6 Å². The zero-order valence-corrected chi connectivity index (χ0v) is 11.0. The van der Waals surface area contributed by atoms with E-state index in [0.29, 0.717) is 5.88 Å². The van der Waals surface area contributed by atoms with Crippen molar-refractivity contribution >= 4 is 19.9 Å². The van der Waals surface area contributed by atoms with E-state index in [1.165, 1.54) is 0 Å². The summed E-state index contributed by atoms with van der Waals surface area (Å²) in [4.78, 5) is 2.31. The largest absolute Gasteiger partial charge is 0.416 e. The summed E-state index contributed by atoms with van der Waals surface area (Å²) >= 11 is 5.67. The Balaban J connectivity index is 3.49. The third-order valence-corrected chi connectivity index (χ3v) is 3.03. The Labute approximate surface area is 88.3 Å². The van der Waals surface area contributed by atoms with Crippen molar-refractivity contribution in [3.63, 3.8) is 0 Å². The van der Waals surface area contributed by atoms with Crippen molar-refractivity contribution < 1.29 is 4.43 Å². The summed E-state index contributed by atoms with van der Waals surface area (Å²) in [6.45, 7) is 12.7. The molecule has 0 atom stereocenters. The van der Waals surface area contributed by atoms with Crippen LogP contribution in [0.2, 0.25) is 19.6 Å². The lowest BCUT2D eigenvalue weighted by molar-refractivity contribution is 0.219. The maximum atomic E-state index is 5.76. The minimum absolute atomic E-state index is 0.709. The predicted molar refractivity (Wildman–Crippen MR) is 62.1 cm³/mol. The molecule has 0 saturated heterocycles. The Morgan fingerprint density at radius 2 is 1.85 bits per heavy atom. The fraction of sp³-hybridized carbons (Fsp3) is 1.00. The van der Waals surface area contributed by atoms with Crippen molar-refractivity contribution in [2.75, 3.05) is 32.1 Å². The van der Waals surface area contributed by atoms with Gasteiger partial charge >= 0.3 is 0 Å². The van der Waals surface area contributed by atoms with Gasteiger partial charge in [0.2, 0.25) is 0 Å². The van der Waals surface area contributed by atoms with E-state index in [2.05, 4.69) is 31.5 Å². The topological polar surface area (TPSA) is 12.5 Å². The van der Waals surface area contributed by atoms with Gasteiger partial charge in [-0.05, 0) is 26.2 Å². The summed E-state index contributed by atoms with van der Waals surface area (Å²) in [7, 11) is -1.32. The highest BCUT2D eigenvalue weighted by Gasteiger charge is 2.13. The van der Waals surface area contributed by atoms with Crippen LogP contribution in [0.5, 0.6) is 0 Å². The summed E-state index contributed by atoms with van der Waals surface area (Å²) in [5.41, 5.74) is 0. The number of hydrogen-bond donors (Lipinski definition) is 0. The first-order valence-corrected chi connectivity index (χ1v) is 8.86. The molecule has 0 rings (SSSR count). The summed E-state index contributed by atoms with van der Waals surface area (Å²) < 4.78 is 5.76. The van der Waals surface area contributed by atoms with Crippen LogP contribution in [0.3, 0.4) is 0 Å². The van der Waals surface area contributed by atoms with E-state index in [9.17, 15) is 0 Å². The zero-order chi connectivity index (χ0) is 10.3. The first-order valence-electron chi connectivity index (χ1n) is 4.92. The number of rotatable bonds is 7. The van der Waals surface area contributed by atoms with Crippen LogP contribution in [-0.2, 0) is 4.43 Å². The second-order valence-electron chi connectivity index (χ2n) is 4.08. The SMILES string of the molecule is CCN(CCCl)CCO[Si](C)(C)C. The van der Waals surface area contributed by atoms with Crippen molar-refractivity contribution in [3.8, 4) is 0 Å². The van der Waals surface area contributed by atoms with Gasteiger partial charge in [-0.1, -0.05) is 6.92 Å². The van der Waals surface area contributed by atoms with Crippen molar-refractivity contribution in [2.24, 2.45) is 0 Å². The highest BCUT2D eigenvalue weighted by atomic mass is 35.5. The Morgan fingerprint density at radius 1 is 1.23 bits per heavy atom. The smallest absolute Gasteiger partial charge is 0.183 e. The van der Waals surface area contributed by atoms with Crippen LogP contribution in [0.15, 0.2) is 0 Å². The molecule has 0 bridgehead atoms. The van der Waals surface area contributed by atoms with Gasteiger partial charge in [0.05, 0.1) is 0 Å². The van der Waals surface area contributed by atoms with Crippen LogP contribution < -0.4 is 0 Å². The molecule has 0 aliphatic rings. The molecule has 2 nitrogen and oxygen atoms in total. The second-order valence-corrected chi connectivity index (χ2v) is 8.98. The van der Waals surface area contributed by atoms with E-state index in [-0.39, 0.29) is 0 Å². The van der Waals surface area contributed by atoms with E-state index in [1.54, 1.807) is 0 Å². The van der Waals surface area contributed by atoms with Crippen molar-refractivity contribution in [1.29, 1.82) is 0 Å². The minimum Gasteiger partial charge on any atom is -0.416 e. The average Bonchev–Trinajstić information content (AvgIpc) is 2.01. The van der Waals surface area contributed by atoms with Crippen LogP contribution in [0.1, 0.15) is 6.92 Å². The monoisotopic (exact) mass is 223 g/mol. The van der Waals surface area contributed by atoms with Gasteiger partial charge in [-0.15, -0.1) is 11.6 Å². The van der Waals surface area contributed by atoms with Gasteiger partial charge in [0.1, 0.15) is 0 Å². The lowest BCUT2D eigenvalue weighted by Crippen LogP contribution is -2.34. The molecule has 0 amide bonds. The molecule has 13 heavy (non-hydrogen) atoms. The first kappa shape index (κ1) is 13.4. The molecule has 0 saturated carbocycles. The van der Waals surface area contributed by atoms with E-state index in [1.807, 2.05) is 0 Å². The molecule has 0 aromatic carbocycles. The quantitative estimate of drug-likeness (QED) is 0.486. The summed E-state index contributed by atoms with van der Waals surface area (Å²) in [5.74, 6) is 0.709. The molecular formula is C9H22ClNOSi. The molecule has 4 heteroatoms. The highest BCUT2D eigenvalue weighted by molar-refractivity contribution is 6.69. The van der Waals surface area contributed by atoms with Gasteiger partial charge < -0.3 is 9.33 Å². The molecule has 80 valence electrons. The van der Waals surface area contributed by atoms with Crippen LogP contribution in [0, 0.1) is 0 Å². The molecule has 0 radical (unpaired) electrons. The third kappa shape index (κ3) is 8.75. The van der Waals surface area contributed by atoms with Crippen molar-refractivity contribution in [3.05, 3.63) is 0 Å². The van der Waals surface area contributed by atoms with E-state index in [0.717, 1.165) is 26.2 Å². The predicted octanol–water partition coefficient (Wildman–Crippen LogP) is 2.40. The minimum atomic E-state index is -1.32. The Bertz CT molecular complexity index is 127. The Morgan fingerprint density at radius 3 is 2.23 bits per heavy atom. The Kier molecular flexibility index (Phi) is 7.04. The summed E-state index contributed by atoms with van der Waals surface area (Å²) in [5, 5.41) is 0. The lowest BCUT2D eigenvalue weighted by atomic mass is 10.5. The van der Waals surface area contributed by atoms with Crippen LogP contribution in [0.25, 0.3) is 0 Å². The number of likely N-dealkylation sites (N-methyl/N-ethyl adjacent to an activating group) is 1. The van der Waals surface area contributed by atoms with E-state index >= 15 is 0 Å². The third-order valence-electron chi connectivity index (χ3n) is 1.79. The van der Waals surface area contributed by atoms with Crippen LogP contribution in [0.4, 0.5) is 0 Å². The van der Waals surface area contributed by atoms with Gasteiger partial charge in [-0.2, -0.15) is 0 Å². The number of halogens is 1. The zero-order valence-electron chi connectivity index (χ0n) is 9.27. The molecule has 0 aliphatic carbocycles. The standard InChI is InChI=1S/C9H22ClNOSi/c1-5-11(7-6-10)8-9-12-13(2,3)4/h5-9H2,1-4H3. The maximum absolute atomic E-state index is 5.76. The molecule has 0 N–H and O–H groups in total. The highest BCUT2D eigenvalue weighted by Crippen LogP contribution is 2.02. The average molecular weight is 224 g/mol. The summed E-state index contributed by atoms with van der Waals surface area (Å²) in [6.07, 6.45) is 0. The van der Waals surface area contributed by atoms with E-state index in [4.69, 9.17) is 16.0 Å². The molecule has 0 aromatic heterocycles. The summed E-state index contributed by atoms with van der Waals surface area (Å²) in [6, 6.07) is 0. The van der Waals surface area contributed by atoms with Crippen molar-refractivity contribution in [1.82, 2.24) is 4.90 Å². The molecule has 0 aromatic rings. The van der Waals surface area contributed by atoms with Gasteiger partial charge in [-0.3, -0.25) is 0 Å². The van der Waals surface area contributed by atoms with Crippen LogP contribution >= 0.6 is 11.6 Å².